The van der Waals surface area contributed by atoms with Gasteiger partial charge >= 0.3 is 0 Å². The van der Waals surface area contributed by atoms with E-state index in [9.17, 15) is 0 Å². The molecule has 3 nitrogen and oxygen atoms in total. The van der Waals surface area contributed by atoms with Crippen LogP contribution in [0.25, 0.3) is 6.08 Å². The van der Waals surface area contributed by atoms with Crippen molar-refractivity contribution in [2.75, 3.05) is 6.61 Å². The molecule has 0 aliphatic carbocycles. The Morgan fingerprint density at radius 2 is 2.00 bits per heavy atom. The molecule has 0 unspecified atom stereocenters. The maximum Gasteiger partial charge on any atom is 0.158 e. The summed E-state index contributed by atoms with van der Waals surface area (Å²) in [5, 5.41) is 0.632. The molecule has 1 aromatic heterocycles. The number of rotatable bonds is 3. The molecule has 1 heterocycles. The fraction of sp³-hybridized carbons (Fsp3) is 0.250. The van der Waals surface area contributed by atoms with Crippen LogP contribution in [0.5, 0.6) is 0 Å². The van der Waals surface area contributed by atoms with Crippen molar-refractivity contribution in [3.63, 3.8) is 0 Å². The standard InChI is InChI=1S/C8H8Cl2N2O/c1-2-13-4-3-8-11-6(9)5-7(10)12-8/h3-5H,2H2,1H3. The van der Waals surface area contributed by atoms with Crippen molar-refractivity contribution in [1.29, 1.82) is 0 Å². The summed E-state index contributed by atoms with van der Waals surface area (Å²) >= 11 is 11.3. The minimum Gasteiger partial charge on any atom is -0.501 e. The lowest BCUT2D eigenvalue weighted by Crippen LogP contribution is -1.88. The molecule has 0 N–H and O–H groups in total. The van der Waals surface area contributed by atoms with Crippen LogP contribution in [0.3, 0.4) is 0 Å². The van der Waals surface area contributed by atoms with Crippen LogP contribution in [-0.2, 0) is 4.74 Å². The first kappa shape index (κ1) is 10.3. The number of ether oxygens (including phenoxy) is 1. The van der Waals surface area contributed by atoms with Crippen LogP contribution in [0, 0.1) is 0 Å². The maximum absolute atomic E-state index is 5.65. The molecular formula is C8H8Cl2N2O. The van der Waals surface area contributed by atoms with E-state index in [-0.39, 0.29) is 0 Å². The minimum absolute atomic E-state index is 0.316. The minimum atomic E-state index is 0.316. The first-order chi connectivity index (χ1) is 6.22. The Morgan fingerprint density at radius 3 is 2.54 bits per heavy atom. The van der Waals surface area contributed by atoms with Gasteiger partial charge in [0.2, 0.25) is 0 Å². The summed E-state index contributed by atoms with van der Waals surface area (Å²) in [4.78, 5) is 7.82. The summed E-state index contributed by atoms with van der Waals surface area (Å²) in [5.41, 5.74) is 0. The van der Waals surface area contributed by atoms with E-state index in [1.807, 2.05) is 6.92 Å². The van der Waals surface area contributed by atoms with Crippen molar-refractivity contribution in [1.82, 2.24) is 9.97 Å². The van der Waals surface area contributed by atoms with Gasteiger partial charge in [-0.15, -0.1) is 0 Å². The highest BCUT2D eigenvalue weighted by molar-refractivity contribution is 6.33. The van der Waals surface area contributed by atoms with Gasteiger partial charge in [0.05, 0.1) is 12.9 Å². The summed E-state index contributed by atoms with van der Waals surface area (Å²) in [5.74, 6) is 0.436. The average molecular weight is 219 g/mol. The first-order valence-electron chi connectivity index (χ1n) is 3.70. The number of halogens is 2. The molecule has 5 heteroatoms. The Kier molecular flexibility index (Phi) is 3.99. The second kappa shape index (κ2) is 5.04. The number of nitrogens with zero attached hydrogens (tertiary/aromatic N) is 2. The van der Waals surface area contributed by atoms with E-state index < -0.39 is 0 Å². The molecule has 0 atom stereocenters. The lowest BCUT2D eigenvalue weighted by molar-refractivity contribution is 0.272. The maximum atomic E-state index is 5.65. The molecule has 1 rings (SSSR count). The largest absolute Gasteiger partial charge is 0.501 e. The smallest absolute Gasteiger partial charge is 0.158 e. The zero-order valence-electron chi connectivity index (χ0n) is 7.00. The van der Waals surface area contributed by atoms with E-state index in [4.69, 9.17) is 27.9 Å². The SMILES string of the molecule is CCOC=Cc1nc(Cl)cc(Cl)n1. The van der Waals surface area contributed by atoms with Gasteiger partial charge < -0.3 is 4.74 Å². The van der Waals surface area contributed by atoms with E-state index in [2.05, 4.69) is 9.97 Å². The van der Waals surface area contributed by atoms with Gasteiger partial charge in [-0.25, -0.2) is 9.97 Å². The zero-order chi connectivity index (χ0) is 9.68. The summed E-state index contributed by atoms with van der Waals surface area (Å²) in [7, 11) is 0. The summed E-state index contributed by atoms with van der Waals surface area (Å²) in [6, 6.07) is 1.47. The van der Waals surface area contributed by atoms with Gasteiger partial charge in [0.25, 0.3) is 0 Å². The molecule has 0 aromatic carbocycles. The summed E-state index contributed by atoms with van der Waals surface area (Å²) in [6.07, 6.45) is 3.10. The average Bonchev–Trinajstić information content (AvgIpc) is 2.03. The van der Waals surface area contributed by atoms with Crippen LogP contribution in [0.4, 0.5) is 0 Å². The van der Waals surface area contributed by atoms with E-state index in [1.165, 1.54) is 12.3 Å². The van der Waals surface area contributed by atoms with E-state index in [0.717, 1.165) is 0 Å². The third kappa shape index (κ3) is 3.61. The fourth-order valence-corrected chi connectivity index (χ4v) is 1.12. The monoisotopic (exact) mass is 218 g/mol. The molecule has 0 aliphatic rings. The molecular weight excluding hydrogens is 211 g/mol. The van der Waals surface area contributed by atoms with Crippen LogP contribution in [0.15, 0.2) is 12.3 Å². The highest BCUT2D eigenvalue weighted by Crippen LogP contribution is 2.12. The molecule has 0 fully saturated rings. The van der Waals surface area contributed by atoms with Gasteiger partial charge in [-0.3, -0.25) is 0 Å². The van der Waals surface area contributed by atoms with Crippen molar-refractivity contribution in [3.05, 3.63) is 28.5 Å². The lowest BCUT2D eigenvalue weighted by atomic mass is 10.5. The predicted octanol–water partition coefficient (Wildman–Crippen LogP) is 2.79. The first-order valence-corrected chi connectivity index (χ1v) is 4.46. The molecule has 0 aliphatic heterocycles. The third-order valence-electron chi connectivity index (χ3n) is 1.16. The number of aromatic nitrogens is 2. The van der Waals surface area contributed by atoms with Gasteiger partial charge in [0, 0.05) is 12.1 Å². The van der Waals surface area contributed by atoms with Gasteiger partial charge in [-0.2, -0.15) is 0 Å². The van der Waals surface area contributed by atoms with Crippen molar-refractivity contribution in [2.45, 2.75) is 6.92 Å². The van der Waals surface area contributed by atoms with Crippen LogP contribution in [0.1, 0.15) is 12.7 Å². The Bertz CT molecular complexity index is 295. The Balaban J connectivity index is 2.77. The van der Waals surface area contributed by atoms with Gasteiger partial charge in [-0.05, 0) is 6.92 Å². The molecule has 0 saturated heterocycles. The van der Waals surface area contributed by atoms with E-state index in [0.29, 0.717) is 22.7 Å². The van der Waals surface area contributed by atoms with Crippen molar-refractivity contribution in [3.8, 4) is 0 Å². The van der Waals surface area contributed by atoms with Gasteiger partial charge in [-0.1, -0.05) is 23.2 Å². The lowest BCUT2D eigenvalue weighted by Gasteiger charge is -1.95. The fourth-order valence-electron chi connectivity index (χ4n) is 0.686. The predicted molar refractivity (Wildman–Crippen MR) is 52.7 cm³/mol. The molecule has 70 valence electrons. The van der Waals surface area contributed by atoms with E-state index in [1.54, 1.807) is 6.08 Å². The van der Waals surface area contributed by atoms with Crippen LogP contribution >= 0.6 is 23.2 Å². The van der Waals surface area contributed by atoms with Crippen molar-refractivity contribution in [2.24, 2.45) is 0 Å². The highest BCUT2D eigenvalue weighted by atomic mass is 35.5. The molecule has 0 saturated carbocycles. The highest BCUT2D eigenvalue weighted by Gasteiger charge is 1.97. The van der Waals surface area contributed by atoms with Crippen molar-refractivity contribution < 1.29 is 4.74 Å². The zero-order valence-corrected chi connectivity index (χ0v) is 8.51. The Hall–Kier alpha value is -0.800. The Labute approximate surface area is 86.4 Å². The Morgan fingerprint density at radius 1 is 1.38 bits per heavy atom. The number of hydrogen-bond donors (Lipinski definition) is 0. The topological polar surface area (TPSA) is 35.0 Å². The van der Waals surface area contributed by atoms with Crippen LogP contribution in [-0.4, -0.2) is 16.6 Å². The molecule has 1 aromatic rings. The van der Waals surface area contributed by atoms with Crippen LogP contribution < -0.4 is 0 Å². The normalized spacial score (nSPS) is 10.7. The van der Waals surface area contributed by atoms with Crippen LogP contribution in [0.2, 0.25) is 10.3 Å². The summed E-state index contributed by atoms with van der Waals surface area (Å²) < 4.78 is 4.97. The van der Waals surface area contributed by atoms with Gasteiger partial charge in [0.1, 0.15) is 10.3 Å². The number of hydrogen-bond acceptors (Lipinski definition) is 3. The summed E-state index contributed by atoms with van der Waals surface area (Å²) in [6.45, 7) is 2.49. The molecule has 0 radical (unpaired) electrons. The second-order valence-electron chi connectivity index (χ2n) is 2.13. The molecule has 13 heavy (non-hydrogen) atoms. The quantitative estimate of drug-likeness (QED) is 0.579. The van der Waals surface area contributed by atoms with Gasteiger partial charge in [0.15, 0.2) is 5.82 Å². The van der Waals surface area contributed by atoms with E-state index >= 15 is 0 Å². The third-order valence-corrected chi connectivity index (χ3v) is 1.55. The molecule has 0 amide bonds. The van der Waals surface area contributed by atoms with Crippen molar-refractivity contribution >= 4 is 29.3 Å². The molecule has 0 spiro atoms. The molecule has 0 bridgehead atoms. The second-order valence-corrected chi connectivity index (χ2v) is 2.90.